The van der Waals surface area contributed by atoms with Gasteiger partial charge in [-0.05, 0) is 27.2 Å². The van der Waals surface area contributed by atoms with Gasteiger partial charge in [0.25, 0.3) is 0 Å². The quantitative estimate of drug-likeness (QED) is 0.572. The van der Waals surface area contributed by atoms with Gasteiger partial charge >= 0.3 is 6.40 Å². The standard InChI is InChI=1S/C6H16BClN2/c1-5-9(3)7(8)10(4)6-2/h5-6H2,1-4H3. The minimum absolute atomic E-state index is 0.0370. The maximum atomic E-state index is 6.03. The lowest BCUT2D eigenvalue weighted by atomic mass is 10.0. The third kappa shape index (κ3) is 2.91. The zero-order valence-corrected chi connectivity index (χ0v) is 8.02. The van der Waals surface area contributed by atoms with Crippen LogP contribution in [0.3, 0.4) is 0 Å². The maximum Gasteiger partial charge on any atom is 0.418 e. The molecule has 0 fully saturated rings. The molecule has 0 aliphatic rings. The van der Waals surface area contributed by atoms with Crippen LogP contribution < -0.4 is 0 Å². The Kier molecular flexibility index (Phi) is 5.13. The summed E-state index contributed by atoms with van der Waals surface area (Å²) in [6.45, 7) is 6.16. The largest absolute Gasteiger partial charge is 0.418 e. The van der Waals surface area contributed by atoms with Gasteiger partial charge < -0.3 is 9.62 Å². The Morgan fingerprint density at radius 3 is 1.60 bits per heavy atom. The number of rotatable bonds is 4. The summed E-state index contributed by atoms with van der Waals surface area (Å²) in [6.07, 6.45) is 0.0370. The molecule has 0 radical (unpaired) electrons. The van der Waals surface area contributed by atoms with Crippen LogP contribution in [-0.4, -0.2) is 43.2 Å². The van der Waals surface area contributed by atoms with Crippen LogP contribution in [0.5, 0.6) is 0 Å². The van der Waals surface area contributed by atoms with E-state index in [-0.39, 0.29) is 6.40 Å². The zero-order chi connectivity index (χ0) is 8.15. The fraction of sp³-hybridized carbons (Fsp3) is 1.00. The van der Waals surface area contributed by atoms with E-state index in [1.54, 1.807) is 0 Å². The van der Waals surface area contributed by atoms with E-state index in [0.717, 1.165) is 13.1 Å². The predicted molar refractivity (Wildman–Crippen MR) is 48.2 cm³/mol. The summed E-state index contributed by atoms with van der Waals surface area (Å²) in [5.74, 6) is 0. The van der Waals surface area contributed by atoms with Gasteiger partial charge in [-0.15, -0.1) is 11.5 Å². The fourth-order valence-electron chi connectivity index (χ4n) is 0.638. The van der Waals surface area contributed by atoms with Crippen molar-refractivity contribution in [2.24, 2.45) is 0 Å². The second kappa shape index (κ2) is 5.00. The van der Waals surface area contributed by atoms with Crippen molar-refractivity contribution in [2.75, 3.05) is 27.2 Å². The Balaban J connectivity index is 3.69. The minimum atomic E-state index is 0.0370. The van der Waals surface area contributed by atoms with E-state index >= 15 is 0 Å². The molecule has 0 aromatic rings. The Bertz CT molecular complexity index is 81.8. The van der Waals surface area contributed by atoms with Gasteiger partial charge in [-0.25, -0.2) is 0 Å². The van der Waals surface area contributed by atoms with E-state index in [1.807, 2.05) is 14.1 Å². The van der Waals surface area contributed by atoms with Crippen molar-refractivity contribution in [3.63, 3.8) is 0 Å². The molecule has 0 aromatic carbocycles. The highest BCUT2D eigenvalue weighted by Crippen LogP contribution is 2.00. The summed E-state index contributed by atoms with van der Waals surface area (Å²) in [6, 6.07) is 0. The van der Waals surface area contributed by atoms with Crippen LogP contribution in [-0.2, 0) is 0 Å². The number of hydrogen-bond acceptors (Lipinski definition) is 2. The third-order valence-electron chi connectivity index (χ3n) is 1.73. The molecule has 0 saturated carbocycles. The van der Waals surface area contributed by atoms with Crippen molar-refractivity contribution in [2.45, 2.75) is 13.8 Å². The van der Waals surface area contributed by atoms with E-state index in [1.165, 1.54) is 0 Å². The zero-order valence-electron chi connectivity index (χ0n) is 7.26. The molecule has 0 amide bonds. The van der Waals surface area contributed by atoms with Crippen molar-refractivity contribution in [1.82, 2.24) is 9.62 Å². The molecular weight excluding hydrogens is 146 g/mol. The third-order valence-corrected chi connectivity index (χ3v) is 2.39. The van der Waals surface area contributed by atoms with Crippen LogP contribution in [0, 0.1) is 0 Å². The first-order valence-electron chi connectivity index (χ1n) is 3.68. The lowest BCUT2D eigenvalue weighted by molar-refractivity contribution is 0.459. The molecule has 0 atom stereocenters. The molecule has 4 heteroatoms. The first-order valence-corrected chi connectivity index (χ1v) is 4.11. The van der Waals surface area contributed by atoms with Gasteiger partial charge in [-0.1, -0.05) is 13.8 Å². The summed E-state index contributed by atoms with van der Waals surface area (Å²) in [4.78, 5) is 4.18. The summed E-state index contributed by atoms with van der Waals surface area (Å²) in [5, 5.41) is 0. The molecule has 0 aliphatic heterocycles. The highest BCUT2D eigenvalue weighted by atomic mass is 35.5. The van der Waals surface area contributed by atoms with Gasteiger partial charge in [0.15, 0.2) is 0 Å². The molecule has 0 saturated heterocycles. The van der Waals surface area contributed by atoms with Gasteiger partial charge in [0, 0.05) is 0 Å². The van der Waals surface area contributed by atoms with Crippen molar-refractivity contribution in [1.29, 1.82) is 0 Å². The van der Waals surface area contributed by atoms with Crippen LogP contribution >= 0.6 is 11.5 Å². The molecule has 60 valence electrons. The van der Waals surface area contributed by atoms with Crippen molar-refractivity contribution < 1.29 is 0 Å². The monoisotopic (exact) mass is 162 g/mol. The van der Waals surface area contributed by atoms with E-state index in [9.17, 15) is 0 Å². The molecular formula is C6H16BClN2. The molecule has 0 N–H and O–H groups in total. The fourth-order valence-corrected chi connectivity index (χ4v) is 0.914. The molecule has 0 aliphatic carbocycles. The van der Waals surface area contributed by atoms with E-state index in [0.29, 0.717) is 0 Å². The molecule has 0 unspecified atom stereocenters. The molecule has 0 aromatic heterocycles. The average Bonchev–Trinajstić information content (AvgIpc) is 2.00. The molecule has 0 spiro atoms. The van der Waals surface area contributed by atoms with Gasteiger partial charge in [-0.2, -0.15) is 0 Å². The Hall–Kier alpha value is 0.275. The molecule has 0 rings (SSSR count). The van der Waals surface area contributed by atoms with E-state index < -0.39 is 0 Å². The Morgan fingerprint density at radius 2 is 1.40 bits per heavy atom. The van der Waals surface area contributed by atoms with Gasteiger partial charge in [-0.3, -0.25) is 0 Å². The Labute approximate surface area is 69.2 Å². The average molecular weight is 162 g/mol. The molecule has 10 heavy (non-hydrogen) atoms. The topological polar surface area (TPSA) is 6.48 Å². The summed E-state index contributed by atoms with van der Waals surface area (Å²) in [7, 11) is 4.04. The normalized spacial score (nSPS) is 11.1. The van der Waals surface area contributed by atoms with Crippen molar-refractivity contribution in [3.8, 4) is 0 Å². The minimum Gasteiger partial charge on any atom is -0.317 e. The van der Waals surface area contributed by atoms with E-state index in [2.05, 4.69) is 23.5 Å². The van der Waals surface area contributed by atoms with Gasteiger partial charge in [0.05, 0.1) is 0 Å². The van der Waals surface area contributed by atoms with Crippen molar-refractivity contribution >= 4 is 17.9 Å². The first kappa shape index (κ1) is 10.3. The van der Waals surface area contributed by atoms with Crippen LogP contribution in [0.2, 0.25) is 0 Å². The van der Waals surface area contributed by atoms with Crippen LogP contribution in [0.1, 0.15) is 13.8 Å². The highest BCUT2D eigenvalue weighted by molar-refractivity contribution is 7.03. The lowest BCUT2D eigenvalue weighted by Gasteiger charge is -2.24. The number of nitrogens with zero attached hydrogens (tertiary/aromatic N) is 2. The first-order chi connectivity index (χ1) is 4.63. The molecule has 0 heterocycles. The van der Waals surface area contributed by atoms with Crippen LogP contribution in [0.4, 0.5) is 0 Å². The van der Waals surface area contributed by atoms with Crippen molar-refractivity contribution in [3.05, 3.63) is 0 Å². The lowest BCUT2D eigenvalue weighted by Crippen LogP contribution is -2.45. The highest BCUT2D eigenvalue weighted by Gasteiger charge is 2.20. The smallest absolute Gasteiger partial charge is 0.317 e. The predicted octanol–water partition coefficient (Wildman–Crippen LogP) is 1.11. The summed E-state index contributed by atoms with van der Waals surface area (Å²) in [5.41, 5.74) is 0. The SMILES string of the molecule is CCN(C)B(Cl)N(C)CC. The van der Waals surface area contributed by atoms with E-state index in [4.69, 9.17) is 11.5 Å². The maximum absolute atomic E-state index is 6.03. The molecule has 2 nitrogen and oxygen atoms in total. The Morgan fingerprint density at radius 1 is 1.10 bits per heavy atom. The number of hydrogen-bond donors (Lipinski definition) is 0. The molecule has 0 bridgehead atoms. The summed E-state index contributed by atoms with van der Waals surface area (Å²) >= 11 is 6.03. The van der Waals surface area contributed by atoms with Gasteiger partial charge in [0.2, 0.25) is 0 Å². The summed E-state index contributed by atoms with van der Waals surface area (Å²) < 4.78 is 0. The second-order valence-corrected chi connectivity index (χ2v) is 2.85. The van der Waals surface area contributed by atoms with Gasteiger partial charge in [0.1, 0.15) is 0 Å². The van der Waals surface area contributed by atoms with Crippen LogP contribution in [0.25, 0.3) is 0 Å². The second-order valence-electron chi connectivity index (χ2n) is 2.46. The number of halogens is 1. The van der Waals surface area contributed by atoms with Crippen LogP contribution in [0.15, 0.2) is 0 Å².